The molecule has 2 aromatic heterocycles. The number of nitrogens with one attached hydrogen (secondary N) is 1. The van der Waals surface area contributed by atoms with Crippen molar-refractivity contribution in [2.75, 3.05) is 0 Å². The molecular weight excluding hydrogens is 266 g/mol. The van der Waals surface area contributed by atoms with E-state index in [-0.39, 0.29) is 6.42 Å². The molecule has 1 unspecified atom stereocenters. The fraction of sp³-hybridized carbons (Fsp3) is 0.188. The lowest BCUT2D eigenvalue weighted by Crippen LogP contribution is -2.35. The molecule has 3 aromatic rings. The number of aromatic nitrogens is 3. The molecule has 0 saturated heterocycles. The average molecular weight is 281 g/mol. The highest BCUT2D eigenvalue weighted by Gasteiger charge is 2.36. The number of rotatable bonds is 4. The second-order valence-corrected chi connectivity index (χ2v) is 5.24. The molecule has 0 radical (unpaired) electrons. The molecule has 0 amide bonds. The number of aliphatic carboxylic acids is 1. The highest BCUT2D eigenvalue weighted by Crippen LogP contribution is 2.28. The summed E-state index contributed by atoms with van der Waals surface area (Å²) >= 11 is 0. The van der Waals surface area contributed by atoms with Gasteiger partial charge in [-0.05, 0) is 24.6 Å². The van der Waals surface area contributed by atoms with Crippen LogP contribution in [0.5, 0.6) is 0 Å². The Morgan fingerprint density at radius 2 is 2.00 bits per heavy atom. The molecule has 5 nitrogen and oxygen atoms in total. The standard InChI is InChI=1S/C16H15N3O2/c1-16(15(20)21,11-6-3-2-4-7-11)10-13-18-12-8-5-9-17-14(12)19-13/h2-9H,10H2,1H3,(H,20,21)(H,17,18,19). The molecule has 2 N–H and O–H groups in total. The second kappa shape index (κ2) is 5.01. The summed E-state index contributed by atoms with van der Waals surface area (Å²) in [5, 5.41) is 9.66. The minimum atomic E-state index is -1.03. The highest BCUT2D eigenvalue weighted by molar-refractivity contribution is 5.81. The van der Waals surface area contributed by atoms with Gasteiger partial charge in [0.1, 0.15) is 5.82 Å². The van der Waals surface area contributed by atoms with E-state index in [2.05, 4.69) is 15.0 Å². The van der Waals surface area contributed by atoms with Crippen molar-refractivity contribution in [2.45, 2.75) is 18.8 Å². The van der Waals surface area contributed by atoms with Crippen molar-refractivity contribution < 1.29 is 9.90 Å². The third-order valence-electron chi connectivity index (χ3n) is 3.71. The lowest BCUT2D eigenvalue weighted by molar-refractivity contribution is -0.143. The number of nitrogens with zero attached hydrogens (tertiary/aromatic N) is 2. The first-order valence-electron chi connectivity index (χ1n) is 6.68. The Labute approximate surface area is 121 Å². The molecule has 1 aromatic carbocycles. The summed E-state index contributed by atoms with van der Waals surface area (Å²) in [6.07, 6.45) is 1.95. The number of fused-ring (bicyclic) bond motifs is 1. The van der Waals surface area contributed by atoms with Gasteiger partial charge in [0.2, 0.25) is 0 Å². The number of pyridine rings is 1. The van der Waals surface area contributed by atoms with Crippen LogP contribution in [0.2, 0.25) is 0 Å². The number of benzene rings is 1. The summed E-state index contributed by atoms with van der Waals surface area (Å²) < 4.78 is 0. The van der Waals surface area contributed by atoms with Gasteiger partial charge in [0.15, 0.2) is 5.65 Å². The number of carbonyl (C=O) groups is 1. The molecule has 1 atom stereocenters. The van der Waals surface area contributed by atoms with Gasteiger partial charge in [0, 0.05) is 12.6 Å². The van der Waals surface area contributed by atoms with Gasteiger partial charge in [-0.1, -0.05) is 30.3 Å². The molecule has 0 aliphatic carbocycles. The zero-order valence-corrected chi connectivity index (χ0v) is 11.6. The molecule has 21 heavy (non-hydrogen) atoms. The van der Waals surface area contributed by atoms with E-state index in [4.69, 9.17) is 0 Å². The molecule has 2 heterocycles. The fourth-order valence-electron chi connectivity index (χ4n) is 2.42. The maximum absolute atomic E-state index is 11.8. The molecule has 5 heteroatoms. The lowest BCUT2D eigenvalue weighted by atomic mass is 9.79. The minimum Gasteiger partial charge on any atom is -0.481 e. The van der Waals surface area contributed by atoms with E-state index in [9.17, 15) is 9.90 Å². The van der Waals surface area contributed by atoms with Crippen LogP contribution in [-0.2, 0) is 16.6 Å². The smallest absolute Gasteiger partial charge is 0.314 e. The largest absolute Gasteiger partial charge is 0.481 e. The summed E-state index contributed by atoms with van der Waals surface area (Å²) in [5.74, 6) is -0.250. The third kappa shape index (κ3) is 2.38. The van der Waals surface area contributed by atoms with Crippen LogP contribution in [0.25, 0.3) is 11.2 Å². The summed E-state index contributed by atoms with van der Waals surface area (Å²) in [6, 6.07) is 12.9. The Morgan fingerprint density at radius 3 is 2.67 bits per heavy atom. The summed E-state index contributed by atoms with van der Waals surface area (Å²) in [6.45, 7) is 1.71. The summed E-state index contributed by atoms with van der Waals surface area (Å²) in [4.78, 5) is 23.5. The van der Waals surface area contributed by atoms with Gasteiger partial charge in [-0.25, -0.2) is 9.97 Å². The molecule has 0 aliphatic heterocycles. The third-order valence-corrected chi connectivity index (χ3v) is 3.71. The van der Waals surface area contributed by atoms with Crippen LogP contribution in [0.1, 0.15) is 18.3 Å². The van der Waals surface area contributed by atoms with Gasteiger partial charge in [-0.15, -0.1) is 0 Å². The van der Waals surface area contributed by atoms with Gasteiger partial charge < -0.3 is 10.1 Å². The number of hydrogen-bond acceptors (Lipinski definition) is 3. The topological polar surface area (TPSA) is 78.9 Å². The first-order valence-corrected chi connectivity index (χ1v) is 6.68. The predicted octanol–water partition coefficient (Wildman–Crippen LogP) is 2.54. The maximum atomic E-state index is 11.8. The first-order chi connectivity index (χ1) is 10.1. The van der Waals surface area contributed by atoms with Crippen LogP contribution in [-0.4, -0.2) is 26.0 Å². The SMILES string of the molecule is CC(Cc1nc2ncccc2[nH]1)(C(=O)O)c1ccccc1. The summed E-state index contributed by atoms with van der Waals surface area (Å²) in [7, 11) is 0. The lowest BCUT2D eigenvalue weighted by Gasteiger charge is -2.24. The number of H-pyrrole nitrogens is 1. The Hall–Kier alpha value is -2.69. The highest BCUT2D eigenvalue weighted by atomic mass is 16.4. The Morgan fingerprint density at radius 1 is 1.24 bits per heavy atom. The van der Waals surface area contributed by atoms with E-state index in [0.717, 1.165) is 11.1 Å². The first kappa shape index (κ1) is 13.3. The van der Waals surface area contributed by atoms with E-state index in [1.165, 1.54) is 0 Å². The minimum absolute atomic E-state index is 0.280. The van der Waals surface area contributed by atoms with Gasteiger partial charge in [-0.2, -0.15) is 0 Å². The van der Waals surface area contributed by atoms with Gasteiger partial charge in [0.25, 0.3) is 0 Å². The van der Waals surface area contributed by atoms with Crippen molar-refractivity contribution in [3.05, 3.63) is 60.0 Å². The van der Waals surface area contributed by atoms with Crippen molar-refractivity contribution in [1.82, 2.24) is 15.0 Å². The molecule has 0 spiro atoms. The van der Waals surface area contributed by atoms with E-state index >= 15 is 0 Å². The number of carboxylic acids is 1. The Balaban J connectivity index is 2.01. The molecule has 0 saturated carbocycles. The van der Waals surface area contributed by atoms with Crippen molar-refractivity contribution in [3.63, 3.8) is 0 Å². The number of imidazole rings is 1. The van der Waals surface area contributed by atoms with Crippen LogP contribution >= 0.6 is 0 Å². The second-order valence-electron chi connectivity index (χ2n) is 5.24. The fourth-order valence-corrected chi connectivity index (χ4v) is 2.42. The van der Waals surface area contributed by atoms with Gasteiger partial charge in [-0.3, -0.25) is 4.79 Å². The Bertz CT molecular complexity index is 749. The van der Waals surface area contributed by atoms with Gasteiger partial charge in [0.05, 0.1) is 10.9 Å². The Kier molecular flexibility index (Phi) is 3.17. The van der Waals surface area contributed by atoms with Crippen molar-refractivity contribution in [3.8, 4) is 0 Å². The van der Waals surface area contributed by atoms with E-state index < -0.39 is 11.4 Å². The number of hydrogen-bond donors (Lipinski definition) is 2. The van der Waals surface area contributed by atoms with Crippen molar-refractivity contribution in [2.24, 2.45) is 0 Å². The zero-order valence-electron chi connectivity index (χ0n) is 11.6. The number of aromatic amines is 1. The van der Waals surface area contributed by atoms with Crippen LogP contribution in [0.3, 0.4) is 0 Å². The monoisotopic (exact) mass is 281 g/mol. The molecule has 106 valence electrons. The average Bonchev–Trinajstić information content (AvgIpc) is 2.89. The van der Waals surface area contributed by atoms with Crippen LogP contribution in [0, 0.1) is 0 Å². The van der Waals surface area contributed by atoms with Gasteiger partial charge >= 0.3 is 5.97 Å². The number of carboxylic acid groups (broad SMARTS) is 1. The van der Waals surface area contributed by atoms with Crippen LogP contribution in [0.4, 0.5) is 0 Å². The zero-order chi connectivity index (χ0) is 14.9. The van der Waals surface area contributed by atoms with Crippen molar-refractivity contribution >= 4 is 17.1 Å². The molecule has 0 aliphatic rings. The molecule has 0 bridgehead atoms. The van der Waals surface area contributed by atoms with E-state index in [0.29, 0.717) is 11.5 Å². The molecule has 3 rings (SSSR count). The molecular formula is C16H15N3O2. The molecule has 0 fully saturated rings. The van der Waals surface area contributed by atoms with Crippen LogP contribution in [0.15, 0.2) is 48.7 Å². The maximum Gasteiger partial charge on any atom is 0.314 e. The van der Waals surface area contributed by atoms with E-state index in [1.54, 1.807) is 13.1 Å². The van der Waals surface area contributed by atoms with E-state index in [1.807, 2.05) is 42.5 Å². The van der Waals surface area contributed by atoms with Crippen LogP contribution < -0.4 is 0 Å². The van der Waals surface area contributed by atoms with Crippen molar-refractivity contribution in [1.29, 1.82) is 0 Å². The predicted molar refractivity (Wildman–Crippen MR) is 79.0 cm³/mol. The normalized spacial score (nSPS) is 14.0. The summed E-state index contributed by atoms with van der Waals surface area (Å²) in [5.41, 5.74) is 1.14. The quantitative estimate of drug-likeness (QED) is 0.770.